The predicted molar refractivity (Wildman–Crippen MR) is 116 cm³/mol. The molecule has 0 radical (unpaired) electrons. The molecule has 0 spiro atoms. The summed E-state index contributed by atoms with van der Waals surface area (Å²) < 4.78 is 0.152. The number of aliphatic imine (C=N–C) groups is 1. The summed E-state index contributed by atoms with van der Waals surface area (Å²) in [6.45, 7) is 10.5. The first-order chi connectivity index (χ1) is 10.9. The Morgan fingerprint density at radius 2 is 1.96 bits per heavy atom. The molecule has 1 rings (SSSR count). The van der Waals surface area contributed by atoms with E-state index < -0.39 is 0 Å². The minimum absolute atomic E-state index is 0. The van der Waals surface area contributed by atoms with E-state index in [4.69, 9.17) is 4.99 Å². The minimum atomic E-state index is 0. The normalized spacial score (nSPS) is 17.1. The Labute approximate surface area is 168 Å². The largest absolute Gasteiger partial charge is 0.358 e. The molecule has 0 bridgehead atoms. The van der Waals surface area contributed by atoms with E-state index in [-0.39, 0.29) is 34.6 Å². The van der Waals surface area contributed by atoms with E-state index in [0.29, 0.717) is 12.6 Å². The third kappa shape index (κ3) is 9.31. The van der Waals surface area contributed by atoms with E-state index in [1.807, 2.05) is 11.8 Å². The van der Waals surface area contributed by atoms with Crippen molar-refractivity contribution < 1.29 is 4.79 Å². The van der Waals surface area contributed by atoms with Crippen LogP contribution in [-0.4, -0.2) is 73.6 Å². The highest BCUT2D eigenvalue weighted by Gasteiger charge is 2.22. The van der Waals surface area contributed by atoms with E-state index >= 15 is 0 Å². The molecule has 24 heavy (non-hydrogen) atoms. The lowest BCUT2D eigenvalue weighted by atomic mass is 10.1. The van der Waals surface area contributed by atoms with Gasteiger partial charge in [-0.1, -0.05) is 0 Å². The van der Waals surface area contributed by atoms with Crippen molar-refractivity contribution in [3.63, 3.8) is 0 Å². The first-order valence-corrected chi connectivity index (χ1v) is 9.65. The van der Waals surface area contributed by atoms with Crippen molar-refractivity contribution in [3.05, 3.63) is 0 Å². The number of carbonyl (C=O) groups is 1. The first kappa shape index (κ1) is 23.8. The molecule has 0 atom stereocenters. The van der Waals surface area contributed by atoms with E-state index in [1.165, 1.54) is 0 Å². The topological polar surface area (TPSA) is 68.8 Å². The zero-order valence-electron chi connectivity index (χ0n) is 15.6. The maximum absolute atomic E-state index is 11.4. The van der Waals surface area contributed by atoms with E-state index in [9.17, 15) is 4.79 Å². The Kier molecular flexibility index (Phi) is 12.1. The molecule has 1 saturated heterocycles. The molecular weight excluding hydrogens is 437 g/mol. The van der Waals surface area contributed by atoms with Gasteiger partial charge < -0.3 is 16.0 Å². The molecule has 0 saturated carbocycles. The third-order valence-electron chi connectivity index (χ3n) is 4.09. The summed E-state index contributed by atoms with van der Waals surface area (Å²) in [5.41, 5.74) is 0. The maximum atomic E-state index is 11.4. The summed E-state index contributed by atoms with van der Waals surface area (Å²) >= 11 is 1.83. The number of carbonyl (C=O) groups excluding carboxylic acids is 1. The number of likely N-dealkylation sites (tertiary alicyclic amines) is 1. The Morgan fingerprint density at radius 1 is 1.33 bits per heavy atom. The fourth-order valence-corrected chi connectivity index (χ4v) is 2.56. The summed E-state index contributed by atoms with van der Waals surface area (Å²) in [4.78, 5) is 18.4. The lowest BCUT2D eigenvalue weighted by molar-refractivity contribution is -0.122. The second-order valence-electron chi connectivity index (χ2n) is 6.53. The first-order valence-electron chi connectivity index (χ1n) is 8.43. The Balaban J connectivity index is 0.00000529. The van der Waals surface area contributed by atoms with Gasteiger partial charge in [0.05, 0.1) is 13.1 Å². The van der Waals surface area contributed by atoms with Crippen LogP contribution in [0.5, 0.6) is 0 Å². The van der Waals surface area contributed by atoms with Crippen molar-refractivity contribution in [3.8, 4) is 0 Å². The monoisotopic (exact) mass is 471 g/mol. The lowest BCUT2D eigenvalue weighted by Crippen LogP contribution is -2.50. The fourth-order valence-electron chi connectivity index (χ4n) is 2.36. The molecule has 0 aromatic heterocycles. The number of likely N-dealkylation sites (N-methyl/N-ethyl adjacent to an activating group) is 1. The van der Waals surface area contributed by atoms with Crippen LogP contribution in [0.3, 0.4) is 0 Å². The van der Waals surface area contributed by atoms with E-state index in [1.54, 1.807) is 7.05 Å². The third-order valence-corrected chi connectivity index (χ3v) is 5.32. The van der Waals surface area contributed by atoms with Gasteiger partial charge in [0.25, 0.3) is 0 Å². The predicted octanol–water partition coefficient (Wildman–Crippen LogP) is 1.51. The van der Waals surface area contributed by atoms with Crippen LogP contribution < -0.4 is 16.0 Å². The molecule has 1 aliphatic rings. The number of rotatable bonds is 7. The Bertz CT molecular complexity index is 398. The van der Waals surface area contributed by atoms with Crippen LogP contribution in [0.2, 0.25) is 0 Å². The Morgan fingerprint density at radius 3 is 2.46 bits per heavy atom. The molecule has 8 heteroatoms. The molecule has 6 nitrogen and oxygen atoms in total. The molecule has 0 aromatic carbocycles. The van der Waals surface area contributed by atoms with Crippen LogP contribution >= 0.6 is 35.7 Å². The highest BCUT2D eigenvalue weighted by atomic mass is 127. The van der Waals surface area contributed by atoms with Crippen LogP contribution in [0.25, 0.3) is 0 Å². The fraction of sp³-hybridized carbons (Fsp3) is 0.875. The summed E-state index contributed by atoms with van der Waals surface area (Å²) in [7, 11) is 1.69. The highest BCUT2D eigenvalue weighted by Crippen LogP contribution is 2.21. The van der Waals surface area contributed by atoms with Crippen molar-refractivity contribution in [1.29, 1.82) is 0 Å². The lowest BCUT2D eigenvalue weighted by Gasteiger charge is -2.32. The quantitative estimate of drug-likeness (QED) is 0.299. The van der Waals surface area contributed by atoms with Gasteiger partial charge >= 0.3 is 0 Å². The number of halogens is 1. The number of hydrogen-bond acceptors (Lipinski definition) is 4. The van der Waals surface area contributed by atoms with E-state index in [0.717, 1.165) is 45.0 Å². The second-order valence-corrected chi connectivity index (χ2v) is 8.04. The second kappa shape index (κ2) is 12.2. The smallest absolute Gasteiger partial charge is 0.233 e. The van der Waals surface area contributed by atoms with Gasteiger partial charge in [-0.3, -0.25) is 14.7 Å². The number of nitrogens with one attached hydrogen (secondary N) is 3. The number of guanidine groups is 1. The number of hydrogen-bond donors (Lipinski definition) is 3. The summed E-state index contributed by atoms with van der Waals surface area (Å²) in [5.74, 6) is 0.991. The van der Waals surface area contributed by atoms with Gasteiger partial charge in [0.1, 0.15) is 0 Å². The minimum Gasteiger partial charge on any atom is -0.358 e. The maximum Gasteiger partial charge on any atom is 0.233 e. The summed E-state index contributed by atoms with van der Waals surface area (Å²) in [6, 6.07) is 0.422. The molecule has 142 valence electrons. The average Bonchev–Trinajstić information content (AvgIpc) is 2.54. The van der Waals surface area contributed by atoms with Crippen molar-refractivity contribution in [2.75, 3.05) is 46.0 Å². The van der Waals surface area contributed by atoms with Gasteiger partial charge in [-0.25, -0.2) is 0 Å². The number of amides is 1. The van der Waals surface area contributed by atoms with Crippen molar-refractivity contribution in [2.24, 2.45) is 4.99 Å². The van der Waals surface area contributed by atoms with Gasteiger partial charge in [0.15, 0.2) is 5.96 Å². The van der Waals surface area contributed by atoms with Crippen molar-refractivity contribution >= 4 is 47.6 Å². The van der Waals surface area contributed by atoms with Crippen LogP contribution in [0.15, 0.2) is 4.99 Å². The molecule has 0 aliphatic carbocycles. The standard InChI is InChI=1S/C16H33N5OS.HI/c1-6-18-15(19-12-16(2,3)23-5)20-13-7-9-21(10-8-13)11-14(22)17-4;/h13H,6-12H2,1-5H3,(H,17,22)(H2,18,19,20);1H. The summed E-state index contributed by atoms with van der Waals surface area (Å²) in [6.07, 6.45) is 4.19. The SMILES string of the molecule is CCNC(=NCC(C)(C)SC)NC1CCN(CC(=O)NC)CC1.I. The van der Waals surface area contributed by atoms with Crippen molar-refractivity contribution in [1.82, 2.24) is 20.9 Å². The molecule has 3 N–H and O–H groups in total. The molecule has 0 unspecified atom stereocenters. The van der Waals surface area contributed by atoms with E-state index in [2.05, 4.69) is 47.9 Å². The molecular formula is C16H34IN5OS. The van der Waals surface area contributed by atoms with Gasteiger partial charge in [-0.05, 0) is 39.9 Å². The molecule has 1 aliphatic heterocycles. The van der Waals surface area contributed by atoms with Crippen LogP contribution in [0.1, 0.15) is 33.6 Å². The van der Waals surface area contributed by atoms with Gasteiger partial charge in [0.2, 0.25) is 5.91 Å². The van der Waals surface area contributed by atoms with Crippen LogP contribution in [0, 0.1) is 0 Å². The molecule has 1 fully saturated rings. The molecule has 1 heterocycles. The van der Waals surface area contributed by atoms with Gasteiger partial charge in [-0.2, -0.15) is 11.8 Å². The average molecular weight is 471 g/mol. The van der Waals surface area contributed by atoms with Gasteiger partial charge in [0, 0.05) is 37.5 Å². The van der Waals surface area contributed by atoms with Crippen molar-refractivity contribution in [2.45, 2.75) is 44.4 Å². The number of nitrogens with zero attached hydrogens (tertiary/aromatic N) is 2. The Hall–Kier alpha value is -0.220. The van der Waals surface area contributed by atoms with Crippen LogP contribution in [-0.2, 0) is 4.79 Å². The zero-order chi connectivity index (χ0) is 17.3. The number of thioether (sulfide) groups is 1. The zero-order valence-corrected chi connectivity index (χ0v) is 18.8. The van der Waals surface area contributed by atoms with Crippen LogP contribution in [0.4, 0.5) is 0 Å². The molecule has 1 amide bonds. The number of piperidine rings is 1. The molecule has 0 aromatic rings. The highest BCUT2D eigenvalue weighted by molar-refractivity contribution is 14.0. The summed E-state index contributed by atoms with van der Waals surface area (Å²) in [5, 5.41) is 9.56. The van der Waals surface area contributed by atoms with Gasteiger partial charge in [-0.15, -0.1) is 24.0 Å².